The van der Waals surface area contributed by atoms with Gasteiger partial charge in [-0.2, -0.15) is 0 Å². The topological polar surface area (TPSA) is 41.5 Å². The van der Waals surface area contributed by atoms with Crippen LogP contribution >= 0.6 is 23.2 Å². The molecule has 0 aromatic heterocycles. The van der Waals surface area contributed by atoms with E-state index in [1.54, 1.807) is 13.0 Å². The van der Waals surface area contributed by atoms with E-state index in [4.69, 9.17) is 27.9 Å². The second-order valence-electron chi connectivity index (χ2n) is 5.58. The van der Waals surface area contributed by atoms with Crippen LogP contribution in [0.15, 0.2) is 42.5 Å². The van der Waals surface area contributed by atoms with E-state index in [0.717, 1.165) is 16.1 Å². The molecule has 0 saturated heterocycles. The SMILES string of the molecule is CC(O)COc1cc(CNC(C)c2cccc(Cl)c2)ccc1Cl. The van der Waals surface area contributed by atoms with E-state index in [-0.39, 0.29) is 12.6 Å². The number of hydrogen-bond donors (Lipinski definition) is 2. The second-order valence-corrected chi connectivity index (χ2v) is 6.43. The molecule has 0 aliphatic rings. The fourth-order valence-electron chi connectivity index (χ4n) is 2.14. The number of benzene rings is 2. The van der Waals surface area contributed by atoms with Gasteiger partial charge >= 0.3 is 0 Å². The van der Waals surface area contributed by atoms with Crippen molar-refractivity contribution >= 4 is 23.2 Å². The summed E-state index contributed by atoms with van der Waals surface area (Å²) in [6.07, 6.45) is -0.532. The van der Waals surface area contributed by atoms with Crippen LogP contribution in [0, 0.1) is 0 Å². The Labute approximate surface area is 147 Å². The third-order valence-electron chi connectivity index (χ3n) is 3.44. The van der Waals surface area contributed by atoms with Crippen molar-refractivity contribution in [2.45, 2.75) is 32.5 Å². The van der Waals surface area contributed by atoms with E-state index < -0.39 is 6.10 Å². The third-order valence-corrected chi connectivity index (χ3v) is 3.98. The second kappa shape index (κ2) is 8.55. The van der Waals surface area contributed by atoms with Gasteiger partial charge in [0.25, 0.3) is 0 Å². The van der Waals surface area contributed by atoms with Crippen molar-refractivity contribution < 1.29 is 9.84 Å². The van der Waals surface area contributed by atoms with Crippen molar-refractivity contribution in [3.63, 3.8) is 0 Å². The van der Waals surface area contributed by atoms with Gasteiger partial charge in [0, 0.05) is 17.6 Å². The molecule has 0 fully saturated rings. The van der Waals surface area contributed by atoms with Crippen molar-refractivity contribution in [1.82, 2.24) is 5.32 Å². The van der Waals surface area contributed by atoms with Crippen molar-refractivity contribution in [1.29, 1.82) is 0 Å². The molecule has 2 rings (SSSR count). The van der Waals surface area contributed by atoms with Gasteiger partial charge in [-0.05, 0) is 49.2 Å². The largest absolute Gasteiger partial charge is 0.489 e. The summed E-state index contributed by atoms with van der Waals surface area (Å²) in [5, 5.41) is 14.0. The summed E-state index contributed by atoms with van der Waals surface area (Å²) in [6, 6.07) is 13.6. The number of halogens is 2. The van der Waals surface area contributed by atoms with Gasteiger partial charge in [0.05, 0.1) is 11.1 Å². The van der Waals surface area contributed by atoms with Gasteiger partial charge in [-0.25, -0.2) is 0 Å². The quantitative estimate of drug-likeness (QED) is 0.763. The molecule has 23 heavy (non-hydrogen) atoms. The number of hydrogen-bond acceptors (Lipinski definition) is 3. The number of rotatable bonds is 7. The molecular formula is C18H21Cl2NO2. The summed E-state index contributed by atoms with van der Waals surface area (Å²) in [4.78, 5) is 0. The summed E-state index contributed by atoms with van der Waals surface area (Å²) < 4.78 is 5.52. The maximum absolute atomic E-state index is 9.31. The monoisotopic (exact) mass is 353 g/mol. The molecule has 2 unspecified atom stereocenters. The van der Waals surface area contributed by atoms with Gasteiger partial charge in [0.1, 0.15) is 12.4 Å². The van der Waals surface area contributed by atoms with E-state index in [2.05, 4.69) is 12.2 Å². The normalized spacial score (nSPS) is 13.6. The standard InChI is InChI=1S/C18H21Cl2NO2/c1-12(22)11-23-18-8-14(6-7-17(18)20)10-21-13(2)15-4-3-5-16(19)9-15/h3-9,12-13,21-22H,10-11H2,1-2H3. The zero-order valence-electron chi connectivity index (χ0n) is 13.2. The van der Waals surface area contributed by atoms with Gasteiger partial charge in [0.2, 0.25) is 0 Å². The molecule has 0 aliphatic carbocycles. The first-order chi connectivity index (χ1) is 11.0. The Balaban J connectivity index is 1.98. The molecule has 2 aromatic rings. The highest BCUT2D eigenvalue weighted by molar-refractivity contribution is 6.32. The van der Waals surface area contributed by atoms with Gasteiger partial charge in [0.15, 0.2) is 0 Å². The first-order valence-corrected chi connectivity index (χ1v) is 8.29. The van der Waals surface area contributed by atoms with Crippen molar-refractivity contribution in [3.05, 3.63) is 63.6 Å². The predicted octanol–water partition coefficient (Wildman–Crippen LogP) is 4.60. The first kappa shape index (κ1) is 18.1. The highest BCUT2D eigenvalue weighted by atomic mass is 35.5. The first-order valence-electron chi connectivity index (χ1n) is 7.54. The lowest BCUT2D eigenvalue weighted by atomic mass is 10.1. The van der Waals surface area contributed by atoms with Gasteiger partial charge < -0.3 is 15.2 Å². The summed E-state index contributed by atoms with van der Waals surface area (Å²) in [7, 11) is 0. The molecule has 0 aliphatic heterocycles. The zero-order chi connectivity index (χ0) is 16.8. The van der Waals surface area contributed by atoms with E-state index in [1.165, 1.54) is 0 Å². The lowest BCUT2D eigenvalue weighted by Gasteiger charge is -2.16. The number of aliphatic hydroxyl groups is 1. The highest BCUT2D eigenvalue weighted by Crippen LogP contribution is 2.26. The average molecular weight is 354 g/mol. The van der Waals surface area contributed by atoms with E-state index in [0.29, 0.717) is 17.3 Å². The minimum atomic E-state index is -0.532. The Hall–Kier alpha value is -1.26. The molecular weight excluding hydrogens is 333 g/mol. The summed E-state index contributed by atoms with van der Waals surface area (Å²) in [5.74, 6) is 0.585. The summed E-state index contributed by atoms with van der Waals surface area (Å²) in [6.45, 7) is 4.66. The Morgan fingerprint density at radius 3 is 2.61 bits per heavy atom. The van der Waals surface area contributed by atoms with Crippen LogP contribution in [-0.4, -0.2) is 17.8 Å². The van der Waals surface area contributed by atoms with Crippen LogP contribution in [0.2, 0.25) is 10.0 Å². The lowest BCUT2D eigenvalue weighted by Crippen LogP contribution is -2.18. The summed E-state index contributed by atoms with van der Waals surface area (Å²) >= 11 is 12.1. The van der Waals surface area contributed by atoms with Crippen LogP contribution in [0.3, 0.4) is 0 Å². The molecule has 0 saturated carbocycles. The Morgan fingerprint density at radius 2 is 1.91 bits per heavy atom. The van der Waals surface area contributed by atoms with Crippen LogP contribution in [-0.2, 0) is 6.54 Å². The van der Waals surface area contributed by atoms with Crippen LogP contribution in [0.1, 0.15) is 31.0 Å². The van der Waals surface area contributed by atoms with E-state index in [1.807, 2.05) is 36.4 Å². The van der Waals surface area contributed by atoms with E-state index >= 15 is 0 Å². The van der Waals surface area contributed by atoms with E-state index in [9.17, 15) is 5.11 Å². The molecule has 0 spiro atoms. The van der Waals surface area contributed by atoms with Gasteiger partial charge in [-0.15, -0.1) is 0 Å². The molecule has 2 atom stereocenters. The van der Waals surface area contributed by atoms with Crippen molar-refractivity contribution in [2.75, 3.05) is 6.61 Å². The molecule has 3 nitrogen and oxygen atoms in total. The van der Waals surface area contributed by atoms with Crippen LogP contribution in [0.5, 0.6) is 5.75 Å². The van der Waals surface area contributed by atoms with Crippen LogP contribution < -0.4 is 10.1 Å². The fraction of sp³-hybridized carbons (Fsp3) is 0.333. The lowest BCUT2D eigenvalue weighted by molar-refractivity contribution is 0.123. The minimum Gasteiger partial charge on any atom is -0.489 e. The summed E-state index contributed by atoms with van der Waals surface area (Å²) in [5.41, 5.74) is 2.20. The minimum absolute atomic E-state index is 0.172. The molecule has 2 aromatic carbocycles. The Kier molecular flexibility index (Phi) is 6.72. The van der Waals surface area contributed by atoms with Gasteiger partial charge in [-0.1, -0.05) is 41.4 Å². The zero-order valence-corrected chi connectivity index (χ0v) is 14.7. The van der Waals surface area contributed by atoms with Crippen LogP contribution in [0.4, 0.5) is 0 Å². The van der Waals surface area contributed by atoms with Crippen molar-refractivity contribution in [2.24, 2.45) is 0 Å². The predicted molar refractivity (Wildman–Crippen MR) is 95.3 cm³/mol. The molecule has 5 heteroatoms. The Morgan fingerprint density at radius 1 is 1.13 bits per heavy atom. The molecule has 124 valence electrons. The fourth-order valence-corrected chi connectivity index (χ4v) is 2.51. The molecule has 0 bridgehead atoms. The van der Waals surface area contributed by atoms with Crippen molar-refractivity contribution in [3.8, 4) is 5.75 Å². The Bertz CT molecular complexity index is 647. The maximum atomic E-state index is 9.31. The van der Waals surface area contributed by atoms with Gasteiger partial charge in [-0.3, -0.25) is 0 Å². The smallest absolute Gasteiger partial charge is 0.138 e. The molecule has 2 N–H and O–H groups in total. The average Bonchev–Trinajstić information content (AvgIpc) is 2.52. The maximum Gasteiger partial charge on any atom is 0.138 e. The molecule has 0 radical (unpaired) electrons. The molecule has 0 amide bonds. The number of aliphatic hydroxyl groups excluding tert-OH is 1. The number of nitrogens with one attached hydrogen (secondary N) is 1. The third kappa shape index (κ3) is 5.70. The highest BCUT2D eigenvalue weighted by Gasteiger charge is 2.08. The van der Waals surface area contributed by atoms with Crippen LogP contribution in [0.25, 0.3) is 0 Å². The number of ether oxygens (including phenoxy) is 1. The molecule has 0 heterocycles.